The maximum atomic E-state index is 6.90. The van der Waals surface area contributed by atoms with Gasteiger partial charge in [-0.15, -0.1) is 0 Å². The van der Waals surface area contributed by atoms with Gasteiger partial charge in [0.25, 0.3) is 20.1 Å². The Bertz CT molecular complexity index is 7150. The lowest BCUT2D eigenvalue weighted by Gasteiger charge is -2.34. The Morgan fingerprint density at radius 1 is 0.149 bits per heavy atom. The third kappa shape index (κ3) is 12.9. The maximum absolute atomic E-state index is 6.90. The van der Waals surface area contributed by atoms with E-state index in [2.05, 4.69) is 410 Å². The van der Waals surface area contributed by atoms with Crippen LogP contribution in [0, 0.1) is 27.7 Å². The predicted molar refractivity (Wildman–Crippen MR) is 500 cm³/mol. The molecule has 0 aliphatic carbocycles. The van der Waals surface area contributed by atoms with Crippen molar-refractivity contribution in [3.8, 4) is 169 Å². The zero-order valence-corrected chi connectivity index (χ0v) is 67.2. The first kappa shape index (κ1) is 72.4. The molecule has 0 N–H and O–H groups in total. The fourth-order valence-electron chi connectivity index (χ4n) is 18.9. The highest BCUT2D eigenvalue weighted by molar-refractivity contribution is 7.00. The van der Waals surface area contributed by atoms with Crippen molar-refractivity contribution < 1.29 is 28.4 Å². The van der Waals surface area contributed by atoms with Gasteiger partial charge in [-0.1, -0.05) is 340 Å². The van der Waals surface area contributed by atoms with Crippen LogP contribution < -0.4 is 77.6 Å². The molecular weight excluding hydrogens is 1470 g/mol. The quantitative estimate of drug-likeness (QED) is 0.134. The Balaban J connectivity index is 0.000000109. The summed E-state index contributed by atoms with van der Waals surface area (Å²) in [5.41, 5.74) is 35.9. The summed E-state index contributed by atoms with van der Waals surface area (Å²) in [4.78, 5) is 0. The van der Waals surface area contributed by atoms with E-state index in [1.54, 1.807) is 0 Å². The number of hydrogen-bond donors (Lipinski definition) is 0. The van der Waals surface area contributed by atoms with Gasteiger partial charge in [-0.25, -0.2) is 0 Å². The van der Waals surface area contributed by atoms with Gasteiger partial charge in [0, 0.05) is 33.1 Å². The minimum atomic E-state index is -0.00902. The molecule has 6 aliphatic rings. The summed E-state index contributed by atoms with van der Waals surface area (Å²) in [6, 6.07) is 139. The van der Waals surface area contributed by atoms with Crippen LogP contribution in [0.4, 0.5) is 0 Å². The highest BCUT2D eigenvalue weighted by atomic mass is 16.5. The van der Waals surface area contributed by atoms with Crippen molar-refractivity contribution in [2.75, 3.05) is 0 Å². The molecule has 18 aromatic carbocycles. The van der Waals surface area contributed by atoms with Crippen LogP contribution in [0.5, 0.6) is 69.0 Å². The Labute approximate surface area is 706 Å². The number of hydrogen-bond acceptors (Lipinski definition) is 6. The van der Waals surface area contributed by atoms with Gasteiger partial charge in [0.15, 0.2) is 0 Å². The molecule has 0 aromatic heterocycles. The number of rotatable bonds is 9. The number of aryl methyl sites for hydroxylation is 4. The monoisotopic (exact) mass is 1550 g/mol. The second kappa shape index (κ2) is 30.2. The largest absolute Gasteiger partial charge is 0.458 e. The molecule has 9 heteroatoms. The van der Waals surface area contributed by atoms with Crippen LogP contribution in [0.1, 0.15) is 22.3 Å². The van der Waals surface area contributed by atoms with Crippen LogP contribution >= 0.6 is 0 Å². The number of fused-ring (bicyclic) bond motifs is 12. The second-order valence-corrected chi connectivity index (χ2v) is 32.1. The minimum Gasteiger partial charge on any atom is -0.458 e. The molecule has 0 unspecified atom stereocenters. The van der Waals surface area contributed by atoms with E-state index >= 15 is 0 Å². The van der Waals surface area contributed by atoms with E-state index in [4.69, 9.17) is 28.4 Å². The summed E-state index contributed by atoms with van der Waals surface area (Å²) in [5, 5.41) is 0. The highest BCUT2D eigenvalue weighted by Crippen LogP contribution is 2.48. The molecule has 121 heavy (non-hydrogen) atoms. The van der Waals surface area contributed by atoms with Gasteiger partial charge in [-0.2, -0.15) is 0 Å². The first-order chi connectivity index (χ1) is 59.6. The predicted octanol–water partition coefficient (Wildman–Crippen LogP) is 23.5. The topological polar surface area (TPSA) is 55.4 Å². The molecule has 6 aliphatic heterocycles. The van der Waals surface area contributed by atoms with Crippen LogP contribution in [0.2, 0.25) is 0 Å². The van der Waals surface area contributed by atoms with E-state index < -0.39 is 0 Å². The summed E-state index contributed by atoms with van der Waals surface area (Å²) in [6.45, 7) is 8.62. The van der Waals surface area contributed by atoms with E-state index in [1.165, 1.54) is 83.3 Å². The van der Waals surface area contributed by atoms with Gasteiger partial charge in [0.2, 0.25) is 0 Å². The van der Waals surface area contributed by atoms with Crippen molar-refractivity contribution in [2.24, 2.45) is 0 Å². The summed E-state index contributed by atoms with van der Waals surface area (Å²) >= 11 is 0. The highest BCUT2D eigenvalue weighted by Gasteiger charge is 2.45. The Hall–Kier alpha value is -15.0. The van der Waals surface area contributed by atoms with E-state index in [0.29, 0.717) is 0 Å². The van der Waals surface area contributed by atoms with Crippen LogP contribution in [-0.2, 0) is 0 Å². The van der Waals surface area contributed by atoms with Gasteiger partial charge in [-0.05, 0) is 221 Å². The summed E-state index contributed by atoms with van der Waals surface area (Å²) < 4.78 is 40.6. The first-order valence-electron chi connectivity index (χ1n) is 41.6. The van der Waals surface area contributed by atoms with Gasteiger partial charge >= 0.3 is 0 Å². The molecular formula is C112H77B3O6. The second-order valence-electron chi connectivity index (χ2n) is 32.1. The fraction of sp³-hybridized carbons (Fsp3) is 0.0357. The Morgan fingerprint density at radius 3 is 0.760 bits per heavy atom. The number of ether oxygens (including phenoxy) is 6. The molecule has 24 rings (SSSR count). The van der Waals surface area contributed by atoms with Gasteiger partial charge in [0.1, 0.15) is 69.0 Å². The molecule has 0 radical (unpaired) electrons. The van der Waals surface area contributed by atoms with Crippen molar-refractivity contribution in [1.29, 1.82) is 0 Å². The molecule has 0 bridgehead atoms. The molecule has 6 nitrogen and oxygen atoms in total. The van der Waals surface area contributed by atoms with Crippen LogP contribution in [0.15, 0.2) is 394 Å². The lowest BCUT2D eigenvalue weighted by atomic mass is 9.34. The zero-order valence-electron chi connectivity index (χ0n) is 67.2. The molecule has 6 heterocycles. The van der Waals surface area contributed by atoms with Crippen molar-refractivity contribution in [1.82, 2.24) is 0 Å². The average Bonchev–Trinajstić information content (AvgIpc) is 0.724. The van der Waals surface area contributed by atoms with Crippen LogP contribution in [0.3, 0.4) is 0 Å². The van der Waals surface area contributed by atoms with Crippen molar-refractivity contribution in [3.63, 3.8) is 0 Å². The fourth-order valence-corrected chi connectivity index (χ4v) is 18.9. The average molecular weight is 1550 g/mol. The van der Waals surface area contributed by atoms with Crippen LogP contribution in [0.25, 0.3) is 100 Å². The zero-order chi connectivity index (χ0) is 80.8. The summed E-state index contributed by atoms with van der Waals surface area (Å²) in [6.07, 6.45) is 0. The van der Waals surface area contributed by atoms with Gasteiger partial charge in [-0.3, -0.25) is 0 Å². The standard InChI is InChI=1S/C38H27BO2.2C37H25BO2/c1-24-11-6-8-15-29(24)27-19-20-34-33(21-27)39-32-18-10-17-31(30-16-9-7-12-25(30)2)38(32)41-36-23-28(22-35(40-34)37(36)39)26-13-4-3-5-14-26;1-24-11-8-9-16-29(24)28-22-34-36-35(23-28)40-37-30(26-14-6-3-7-15-26)17-10-18-31(37)38(36)32-21-27(19-20-33(32)39-34)25-12-4-2-5-13-25;1-24-11-8-9-16-29(24)30-17-10-18-31-37(30)40-35-23-28(26-14-6-3-7-15-26)22-34-36(35)38(31)32-21-27(19-20-33(32)39-34)25-12-4-2-5-13-25/h3-23H,1-2H3;2*2-23H,1H3. The minimum absolute atomic E-state index is 0.00394. The van der Waals surface area contributed by atoms with Crippen molar-refractivity contribution in [2.45, 2.75) is 27.7 Å². The Morgan fingerprint density at radius 2 is 0.405 bits per heavy atom. The van der Waals surface area contributed by atoms with Crippen molar-refractivity contribution >= 4 is 69.3 Å². The molecule has 0 atom stereocenters. The SMILES string of the molecule is Cc1ccccc1-c1cc2c3c(c1)Oc1c(cccc1-c1ccccc1)B3c1cc(-c3ccccc3)ccc1O2.Cc1ccccc1-c1ccc2c(c1)B1c3cccc(-c4ccccc4C)c3Oc3cc(-c4ccccc4)cc(c31)O2.Cc1ccccc1-c1cccc2c1Oc1cc(-c3ccccc3)cc3c1B2c1cc(-c2ccccc2)ccc1O3. The third-order valence-corrected chi connectivity index (χ3v) is 24.8. The lowest BCUT2D eigenvalue weighted by Crippen LogP contribution is -2.57. The summed E-state index contributed by atoms with van der Waals surface area (Å²) in [7, 11) is 0. The maximum Gasteiger partial charge on any atom is 0.260 e. The molecule has 0 saturated heterocycles. The van der Waals surface area contributed by atoms with E-state index in [-0.39, 0.29) is 20.1 Å². The molecule has 0 amide bonds. The van der Waals surface area contributed by atoms with Crippen molar-refractivity contribution in [3.05, 3.63) is 417 Å². The molecule has 0 fully saturated rings. The van der Waals surface area contributed by atoms with Gasteiger partial charge < -0.3 is 28.4 Å². The third-order valence-electron chi connectivity index (χ3n) is 24.8. The molecule has 18 aromatic rings. The van der Waals surface area contributed by atoms with Gasteiger partial charge in [0.05, 0.1) is 0 Å². The number of para-hydroxylation sites is 3. The normalized spacial score (nSPS) is 12.5. The van der Waals surface area contributed by atoms with E-state index in [9.17, 15) is 0 Å². The summed E-state index contributed by atoms with van der Waals surface area (Å²) in [5.74, 6) is 10.6. The smallest absolute Gasteiger partial charge is 0.260 e. The molecule has 0 saturated carbocycles. The van der Waals surface area contributed by atoms with E-state index in [1.807, 2.05) is 12.1 Å². The molecule has 570 valence electrons. The molecule has 0 spiro atoms. The van der Waals surface area contributed by atoms with Crippen LogP contribution in [-0.4, -0.2) is 20.1 Å². The lowest BCUT2D eigenvalue weighted by molar-refractivity contribution is 0.465. The Kier molecular flexibility index (Phi) is 18.0. The van der Waals surface area contributed by atoms with E-state index in [0.717, 1.165) is 157 Å². The number of benzene rings is 18. The first-order valence-corrected chi connectivity index (χ1v) is 41.6.